The number of piperidine rings is 1. The van der Waals surface area contributed by atoms with Gasteiger partial charge in [-0.3, -0.25) is 4.79 Å². The predicted octanol–water partition coefficient (Wildman–Crippen LogP) is 4.58. The van der Waals surface area contributed by atoms with Crippen molar-refractivity contribution in [1.29, 1.82) is 0 Å². The summed E-state index contributed by atoms with van der Waals surface area (Å²) in [5, 5.41) is 1.17. The van der Waals surface area contributed by atoms with Crippen molar-refractivity contribution in [2.45, 2.75) is 40.2 Å². The van der Waals surface area contributed by atoms with Crippen LogP contribution in [0.3, 0.4) is 0 Å². The van der Waals surface area contributed by atoms with Gasteiger partial charge in [0.05, 0.1) is 12.0 Å². The number of carbonyl (C=O) groups excluding carboxylic acids is 1. The summed E-state index contributed by atoms with van der Waals surface area (Å²) in [6.07, 6.45) is 3.36. The van der Waals surface area contributed by atoms with Crippen molar-refractivity contribution >= 4 is 33.3 Å². The van der Waals surface area contributed by atoms with Crippen LogP contribution in [0.4, 0.5) is 5.82 Å². The topological polar surface area (TPSA) is 58.6 Å². The first-order valence-electron chi connectivity index (χ1n) is 10.9. The molecule has 0 atom stereocenters. The number of fused-ring (bicyclic) bond motifs is 1. The van der Waals surface area contributed by atoms with Crippen LogP contribution in [-0.2, 0) is 11.3 Å². The Morgan fingerprint density at radius 3 is 2.58 bits per heavy atom. The summed E-state index contributed by atoms with van der Waals surface area (Å²) in [5.41, 5.74) is 2.38. The Kier molecular flexibility index (Phi) is 6.41. The summed E-state index contributed by atoms with van der Waals surface area (Å²) in [6, 6.07) is 7.99. The minimum Gasteiger partial charge on any atom is -0.494 e. The van der Waals surface area contributed by atoms with Crippen LogP contribution in [0.1, 0.15) is 35.8 Å². The first-order valence-corrected chi connectivity index (χ1v) is 11.7. The van der Waals surface area contributed by atoms with E-state index in [4.69, 9.17) is 4.74 Å². The summed E-state index contributed by atoms with van der Waals surface area (Å²) >= 11 is 1.72. The number of aryl methyl sites for hydroxylation is 2. The molecule has 1 aromatic carbocycles. The Morgan fingerprint density at radius 1 is 1.19 bits per heavy atom. The lowest BCUT2D eigenvalue weighted by molar-refractivity contribution is -0.135. The van der Waals surface area contributed by atoms with Crippen molar-refractivity contribution in [2.24, 2.45) is 5.92 Å². The van der Waals surface area contributed by atoms with Gasteiger partial charge in [0.2, 0.25) is 5.91 Å². The maximum atomic E-state index is 13.0. The van der Waals surface area contributed by atoms with E-state index in [9.17, 15) is 4.79 Å². The second kappa shape index (κ2) is 9.22. The molecule has 0 radical (unpaired) electrons. The van der Waals surface area contributed by atoms with E-state index in [0.717, 1.165) is 47.9 Å². The average molecular weight is 439 g/mol. The summed E-state index contributed by atoms with van der Waals surface area (Å²) in [7, 11) is 1.90. The van der Waals surface area contributed by atoms with Gasteiger partial charge >= 0.3 is 0 Å². The molecule has 3 aromatic rings. The van der Waals surface area contributed by atoms with Crippen LogP contribution in [0.15, 0.2) is 30.6 Å². The number of hydrogen-bond acceptors (Lipinski definition) is 6. The highest BCUT2D eigenvalue weighted by molar-refractivity contribution is 7.18. The van der Waals surface area contributed by atoms with Gasteiger partial charge < -0.3 is 14.5 Å². The van der Waals surface area contributed by atoms with Crippen molar-refractivity contribution in [3.63, 3.8) is 0 Å². The van der Waals surface area contributed by atoms with E-state index in [1.807, 2.05) is 43.1 Å². The number of amides is 1. The highest BCUT2D eigenvalue weighted by Crippen LogP contribution is 2.35. The van der Waals surface area contributed by atoms with Crippen LogP contribution in [0.5, 0.6) is 5.75 Å². The standard InChI is InChI=1S/C24H30N4O2S/c1-5-30-20-8-6-18(7-9-20)14-27(4)24(29)19-10-12-28(13-11-19)22-21-16(2)17(3)31-23(21)26-15-25-22/h6-9,15,19H,5,10-14H2,1-4H3. The highest BCUT2D eigenvalue weighted by Gasteiger charge is 2.29. The highest BCUT2D eigenvalue weighted by atomic mass is 32.1. The Balaban J connectivity index is 1.38. The summed E-state index contributed by atoms with van der Waals surface area (Å²) in [4.78, 5) is 28.6. The van der Waals surface area contributed by atoms with Gasteiger partial charge in [0, 0.05) is 37.5 Å². The molecule has 1 saturated heterocycles. The smallest absolute Gasteiger partial charge is 0.225 e. The molecule has 2 aromatic heterocycles. The van der Waals surface area contributed by atoms with E-state index in [1.165, 1.54) is 15.8 Å². The monoisotopic (exact) mass is 438 g/mol. The predicted molar refractivity (Wildman–Crippen MR) is 126 cm³/mol. The van der Waals surface area contributed by atoms with Crippen LogP contribution in [-0.4, -0.2) is 47.5 Å². The Labute approximate surface area is 187 Å². The van der Waals surface area contributed by atoms with Crippen molar-refractivity contribution in [2.75, 3.05) is 31.6 Å². The Bertz CT molecular complexity index is 1060. The van der Waals surface area contributed by atoms with Gasteiger partial charge in [-0.05, 0) is 56.9 Å². The number of carbonyl (C=O) groups is 1. The first-order chi connectivity index (χ1) is 15.0. The molecule has 7 heteroatoms. The van der Waals surface area contributed by atoms with Crippen molar-refractivity contribution < 1.29 is 9.53 Å². The molecular weight excluding hydrogens is 408 g/mol. The molecule has 0 spiro atoms. The van der Waals surface area contributed by atoms with Gasteiger partial charge in [-0.15, -0.1) is 11.3 Å². The molecule has 31 heavy (non-hydrogen) atoms. The van der Waals surface area contributed by atoms with Crippen LogP contribution < -0.4 is 9.64 Å². The molecular formula is C24H30N4O2S. The van der Waals surface area contributed by atoms with Crippen molar-refractivity contribution in [3.05, 3.63) is 46.6 Å². The number of hydrogen-bond donors (Lipinski definition) is 0. The van der Waals surface area contributed by atoms with Crippen LogP contribution in [0, 0.1) is 19.8 Å². The zero-order chi connectivity index (χ0) is 22.0. The second-order valence-corrected chi connectivity index (χ2v) is 9.40. The molecule has 0 aliphatic carbocycles. The van der Waals surface area contributed by atoms with Gasteiger partial charge in [0.15, 0.2) is 0 Å². The zero-order valence-electron chi connectivity index (χ0n) is 18.7. The summed E-state index contributed by atoms with van der Waals surface area (Å²) < 4.78 is 5.50. The minimum atomic E-state index is 0.0617. The van der Waals surface area contributed by atoms with E-state index in [2.05, 4.69) is 28.7 Å². The van der Waals surface area contributed by atoms with E-state index in [1.54, 1.807) is 17.7 Å². The third kappa shape index (κ3) is 4.51. The van der Waals surface area contributed by atoms with Gasteiger partial charge in [-0.2, -0.15) is 0 Å². The average Bonchev–Trinajstić information content (AvgIpc) is 3.08. The maximum absolute atomic E-state index is 13.0. The van der Waals surface area contributed by atoms with E-state index in [-0.39, 0.29) is 11.8 Å². The second-order valence-electron chi connectivity index (χ2n) is 8.19. The molecule has 1 amide bonds. The summed E-state index contributed by atoms with van der Waals surface area (Å²) in [6.45, 7) is 9.21. The molecule has 3 heterocycles. The molecule has 6 nitrogen and oxygen atoms in total. The summed E-state index contributed by atoms with van der Waals surface area (Å²) in [5.74, 6) is 2.17. The van der Waals surface area contributed by atoms with Gasteiger partial charge in [-0.1, -0.05) is 12.1 Å². The molecule has 0 unspecified atom stereocenters. The number of anilines is 1. The molecule has 0 N–H and O–H groups in total. The Hall–Kier alpha value is -2.67. The fourth-order valence-corrected chi connectivity index (χ4v) is 5.25. The number of nitrogens with zero attached hydrogens (tertiary/aromatic N) is 4. The van der Waals surface area contributed by atoms with Gasteiger partial charge in [-0.25, -0.2) is 9.97 Å². The maximum Gasteiger partial charge on any atom is 0.225 e. The molecule has 1 aliphatic heterocycles. The number of benzene rings is 1. The molecule has 0 saturated carbocycles. The third-order valence-electron chi connectivity index (χ3n) is 6.12. The first kappa shape index (κ1) is 21.6. The molecule has 164 valence electrons. The molecule has 0 bridgehead atoms. The number of thiophene rings is 1. The zero-order valence-corrected chi connectivity index (χ0v) is 19.5. The minimum absolute atomic E-state index is 0.0617. The lowest BCUT2D eigenvalue weighted by Gasteiger charge is -2.34. The van der Waals surface area contributed by atoms with E-state index < -0.39 is 0 Å². The Morgan fingerprint density at radius 2 is 1.90 bits per heavy atom. The molecule has 4 rings (SSSR count). The van der Waals surface area contributed by atoms with Crippen LogP contribution in [0.2, 0.25) is 0 Å². The molecule has 1 fully saturated rings. The lowest BCUT2D eigenvalue weighted by Crippen LogP contribution is -2.41. The van der Waals surface area contributed by atoms with Crippen molar-refractivity contribution in [1.82, 2.24) is 14.9 Å². The third-order valence-corrected chi connectivity index (χ3v) is 7.23. The van der Waals surface area contributed by atoms with Crippen molar-refractivity contribution in [3.8, 4) is 5.75 Å². The molecule has 1 aliphatic rings. The van der Waals surface area contributed by atoms with Crippen LogP contribution >= 0.6 is 11.3 Å². The quantitative estimate of drug-likeness (QED) is 0.564. The van der Waals surface area contributed by atoms with E-state index in [0.29, 0.717) is 13.2 Å². The van der Waals surface area contributed by atoms with Gasteiger partial charge in [0.25, 0.3) is 0 Å². The number of aromatic nitrogens is 2. The number of rotatable bonds is 6. The normalized spacial score (nSPS) is 14.8. The number of ether oxygens (including phenoxy) is 1. The van der Waals surface area contributed by atoms with Crippen LogP contribution in [0.25, 0.3) is 10.2 Å². The SMILES string of the molecule is CCOc1ccc(CN(C)C(=O)C2CCN(c3ncnc4sc(C)c(C)c34)CC2)cc1. The van der Waals surface area contributed by atoms with Gasteiger partial charge in [0.1, 0.15) is 22.7 Å². The fourth-order valence-electron chi connectivity index (χ4n) is 4.26. The van der Waals surface area contributed by atoms with E-state index >= 15 is 0 Å². The fraction of sp³-hybridized carbons (Fsp3) is 0.458. The lowest BCUT2D eigenvalue weighted by atomic mass is 9.95. The largest absolute Gasteiger partial charge is 0.494 e.